The number of rotatable bonds is 34. The molecular weight excluding hydrogens is 2030 g/mol. The van der Waals surface area contributed by atoms with E-state index >= 15 is 0 Å². The number of hydrogen-bond acceptors (Lipinski definition) is 38. The highest BCUT2D eigenvalue weighted by Gasteiger charge is 2.54. The standard InChI is InChI=1S/C22H22N10O2S2.C22H25N9O3S2.C21H20F3N9O2S2.C20H20ClN9O2S2/c1-2-36(33,34)31-14-22(15-31,5-7-24)32-12-16(10-26-32)19-20-18(4-9-35-20)28-21(29-19)27-17-11-25-30(13-17)8-3-6-23;1-3-36(32,33)30-14-22(15-30,5-6-23)31-12-16(10-25-31)19-20-18(4-9-35-20)27-21(28-19)26-17-11-24-29(13-17)7-8-34-2;1-2-37(34,35)32-11-20(12-32,4-5-25)33-9-14(7-27-33)17-18-16(3-6-36-18)29-19(30-17)28-15-8-26-31(10-15)13-21(22,23)24;1-3-34(31,32)29-11-20(12-29,4-5-22)30-9-13(7-24-30)17-18-15(6-16(21)33-18)26-19(27-17)25-14-8-23-28(2)10-14/h4,9-13H,2-3,5,8,14-15H2,1H3,(H,27,28,29);4,9-13H,3,5,7-8,14-15H2,1-2H3,(H,26,27,28);3,6-10H,2,4,11-13H2,1H3,(H,28,29,30);6-10H,3-4,11-12H2,1-2H3,(H,25,26,27). The normalized spacial score (nSPS) is 15.7. The maximum absolute atomic E-state index is 12.7. The number of alkyl halides is 3. The van der Waals surface area contributed by atoms with Crippen molar-refractivity contribution in [3.05, 3.63) is 144 Å². The highest BCUT2D eigenvalue weighted by molar-refractivity contribution is 7.89. The second-order valence-electron chi connectivity index (χ2n) is 33.7. The number of fused-ring (bicyclic) bond motifs is 4. The lowest BCUT2D eigenvalue weighted by atomic mass is 9.89. The number of nitrogens with one attached hydrogen (secondary N) is 4. The van der Waals surface area contributed by atoms with Gasteiger partial charge in [-0.25, -0.2) is 73.5 Å². The van der Waals surface area contributed by atoms with Gasteiger partial charge in [0.25, 0.3) is 0 Å². The molecule has 0 bridgehead atoms. The van der Waals surface area contributed by atoms with Crippen LogP contribution in [0.15, 0.2) is 140 Å². The zero-order valence-electron chi connectivity index (χ0n) is 76.8. The lowest BCUT2D eigenvalue weighted by molar-refractivity contribution is -0.142. The molecule has 58 heteroatoms. The molecule has 4 aliphatic rings. The molecule has 16 aromatic rings. The maximum atomic E-state index is 12.7. The summed E-state index contributed by atoms with van der Waals surface area (Å²) in [5.41, 5.74) is 7.87. The summed E-state index contributed by atoms with van der Waals surface area (Å²) in [6.45, 7) is 8.41. The minimum Gasteiger partial charge on any atom is -0.383 e. The van der Waals surface area contributed by atoms with E-state index in [1.54, 1.807) is 142 Å². The quantitative estimate of drug-likeness (QED) is 0.0291. The predicted molar refractivity (Wildman–Crippen MR) is 528 cm³/mol. The monoisotopic (exact) mass is 2120 g/mol. The van der Waals surface area contributed by atoms with Gasteiger partial charge >= 0.3 is 6.18 Å². The Labute approximate surface area is 836 Å². The van der Waals surface area contributed by atoms with Crippen molar-refractivity contribution in [2.24, 2.45) is 7.05 Å². The van der Waals surface area contributed by atoms with Crippen LogP contribution in [-0.2, 0) is 93.7 Å². The summed E-state index contributed by atoms with van der Waals surface area (Å²) in [7, 11) is -9.90. The number of hydrogen-bond donors (Lipinski definition) is 4. The first-order valence-electron chi connectivity index (χ1n) is 43.9. The number of thiophene rings is 4. The molecule has 0 aliphatic carbocycles. The van der Waals surface area contributed by atoms with Gasteiger partial charge < -0.3 is 26.0 Å². The maximum Gasteiger partial charge on any atom is 0.408 e. The van der Waals surface area contributed by atoms with Crippen molar-refractivity contribution in [2.45, 2.75) is 108 Å². The molecule has 0 spiro atoms. The zero-order chi connectivity index (χ0) is 101. The number of sulfonamides is 4. The van der Waals surface area contributed by atoms with E-state index < -0.39 is 75.0 Å². The Kier molecular flexibility index (Phi) is 28.8. The fraction of sp³-hybridized carbons (Fsp3) is 0.376. The van der Waals surface area contributed by atoms with Gasteiger partial charge in [0.2, 0.25) is 63.9 Å². The van der Waals surface area contributed by atoms with Gasteiger partial charge in [0.1, 0.15) is 28.7 Å². The Morgan fingerprint density at radius 1 is 0.406 bits per heavy atom. The van der Waals surface area contributed by atoms with Crippen LogP contribution < -0.4 is 21.3 Å². The summed E-state index contributed by atoms with van der Waals surface area (Å²) in [6.07, 6.45) is 23.2. The van der Waals surface area contributed by atoms with E-state index in [1.807, 2.05) is 60.1 Å². The van der Waals surface area contributed by atoms with Crippen LogP contribution >= 0.6 is 56.9 Å². The lowest BCUT2D eigenvalue weighted by Gasteiger charge is -2.47. The molecule has 0 unspecified atom stereocenters. The van der Waals surface area contributed by atoms with Crippen molar-refractivity contribution < 1.29 is 51.6 Å². The molecule has 0 aromatic carbocycles. The number of aryl methyl sites for hydroxylation is 2. The highest BCUT2D eigenvalue weighted by atomic mass is 35.5. The first-order chi connectivity index (χ1) is 68.5. The van der Waals surface area contributed by atoms with Crippen LogP contribution in [0.5, 0.6) is 0 Å². The Morgan fingerprint density at radius 3 is 1.02 bits per heavy atom. The first kappa shape index (κ1) is 101. The van der Waals surface area contributed by atoms with Gasteiger partial charge in [-0.05, 0) is 68.1 Å². The number of anilines is 8. The molecule has 143 heavy (non-hydrogen) atoms. The van der Waals surface area contributed by atoms with Crippen molar-refractivity contribution in [2.75, 3.05) is 110 Å². The summed E-state index contributed by atoms with van der Waals surface area (Å²) >= 11 is 12.1. The minimum atomic E-state index is -4.40. The molecule has 0 radical (unpaired) electrons. The number of aromatic nitrogens is 24. The molecule has 4 fully saturated rings. The van der Waals surface area contributed by atoms with E-state index in [2.05, 4.69) is 117 Å². The molecule has 4 aliphatic heterocycles. The summed E-state index contributed by atoms with van der Waals surface area (Å²) in [5.74, 6) is 1.39. The zero-order valence-corrected chi connectivity index (χ0v) is 84.1. The van der Waals surface area contributed by atoms with Crippen LogP contribution in [0, 0.1) is 56.7 Å². The third-order valence-corrected chi connectivity index (χ3v) is 35.1. The summed E-state index contributed by atoms with van der Waals surface area (Å²) in [5, 5.41) is 99.0. The van der Waals surface area contributed by atoms with Gasteiger partial charge in [-0.15, -0.1) is 45.3 Å². The number of ether oxygens (including phenoxy) is 1. The van der Waals surface area contributed by atoms with E-state index in [1.165, 1.54) is 75.0 Å². The molecule has 4 N–H and O–H groups in total. The van der Waals surface area contributed by atoms with Crippen molar-refractivity contribution in [1.29, 1.82) is 26.3 Å². The number of halogens is 4. The van der Waals surface area contributed by atoms with E-state index in [0.717, 1.165) is 57.0 Å². The fourth-order valence-corrected chi connectivity index (χ4v) is 25.0. The molecule has 16 aromatic heterocycles. The molecule has 46 nitrogen and oxygen atoms in total. The van der Waals surface area contributed by atoms with E-state index in [-0.39, 0.29) is 107 Å². The topological polar surface area (TPSA) is 571 Å². The minimum absolute atomic E-state index is 0.0181. The van der Waals surface area contributed by atoms with E-state index in [0.29, 0.717) is 105 Å². The molecule has 20 rings (SSSR count). The van der Waals surface area contributed by atoms with Crippen molar-refractivity contribution in [1.82, 2.24) is 135 Å². The van der Waals surface area contributed by atoms with E-state index in [9.17, 15) is 67.9 Å². The Bertz CT molecular complexity index is 8140. The third kappa shape index (κ3) is 21.3. The first-order valence-corrected chi connectivity index (χ1v) is 54.2. The Morgan fingerprint density at radius 2 is 0.713 bits per heavy atom. The predicted octanol–water partition coefficient (Wildman–Crippen LogP) is 11.4. The number of methoxy groups -OCH3 is 1. The molecule has 0 amide bonds. The molecule has 742 valence electrons. The SMILES string of the molecule is CCS(=O)(=O)N1CC(CC#N)(n2cc(-c3nc(Nc4cnn(C)c4)nc4cc(Cl)sc34)cn2)C1.CCS(=O)(=O)N1CC(CC#N)(n2cc(-c3nc(Nc4cnn(CC(F)(F)F)c4)nc4ccsc34)cn2)C1.CCS(=O)(=O)N1CC(CC#N)(n2cc(-c3nc(Nc4cnn(CCC#N)c4)nc4ccsc34)cn2)C1.CCS(=O)(=O)N1CC(CC#N)(n2cc(-c3nc(Nc4cnn(CCOC)c4)nc4ccsc34)cn2)C1. The van der Waals surface area contributed by atoms with E-state index in [4.69, 9.17) is 36.6 Å². The van der Waals surface area contributed by atoms with Gasteiger partial charge in [0.15, 0.2) is 0 Å². The molecule has 0 saturated carbocycles. The van der Waals surface area contributed by atoms with Crippen molar-refractivity contribution in [3.8, 4) is 75.4 Å². The van der Waals surface area contributed by atoms with Crippen LogP contribution in [0.3, 0.4) is 0 Å². The summed E-state index contributed by atoms with van der Waals surface area (Å²) < 4.78 is 163. The summed E-state index contributed by atoms with van der Waals surface area (Å²) in [6, 6.07) is 18.2. The largest absolute Gasteiger partial charge is 0.408 e. The number of nitriles is 5. The summed E-state index contributed by atoms with van der Waals surface area (Å²) in [4.78, 5) is 37.0. The van der Waals surface area contributed by atoms with Crippen molar-refractivity contribution >= 4 is 184 Å². The lowest BCUT2D eigenvalue weighted by Crippen LogP contribution is -2.64. The van der Waals surface area contributed by atoms with Gasteiger partial charge in [-0.3, -0.25) is 37.5 Å². The smallest absolute Gasteiger partial charge is 0.383 e. The second-order valence-corrected chi connectivity index (χ2v) is 47.2. The molecular formula is C85H87ClF3N37O9S8. The van der Waals surface area contributed by atoms with Crippen LogP contribution in [-0.4, -0.2) is 264 Å². The number of nitrogens with zero attached hydrogens (tertiary/aromatic N) is 33. The second kappa shape index (κ2) is 40.9. The average molecular weight is 2120 g/mol. The average Bonchev–Trinajstić information content (AvgIpc) is 1.71. The van der Waals surface area contributed by atoms with Gasteiger partial charge in [0, 0.05) is 138 Å². The van der Waals surface area contributed by atoms with Crippen LogP contribution in [0.25, 0.3) is 85.9 Å². The molecule has 4 saturated heterocycles. The van der Waals surface area contributed by atoms with Gasteiger partial charge in [-0.2, -0.15) is 97.5 Å². The van der Waals surface area contributed by atoms with Crippen LogP contribution in [0.4, 0.5) is 59.7 Å². The van der Waals surface area contributed by atoms with Gasteiger partial charge in [0.05, 0.1) is 245 Å². The molecule has 20 heterocycles. The van der Waals surface area contributed by atoms with Crippen LogP contribution in [0.1, 0.15) is 59.8 Å². The Balaban J connectivity index is 0.000000131. The van der Waals surface area contributed by atoms with Crippen molar-refractivity contribution in [3.63, 3.8) is 0 Å². The van der Waals surface area contributed by atoms with Crippen LogP contribution in [0.2, 0.25) is 4.34 Å². The van der Waals surface area contributed by atoms with Gasteiger partial charge in [-0.1, -0.05) is 11.6 Å². The highest BCUT2D eigenvalue weighted by Crippen LogP contribution is 2.45. The third-order valence-electron chi connectivity index (χ3n) is 24.0. The molecule has 0 atom stereocenters. The fourth-order valence-electron chi connectivity index (χ4n) is 16.4. The Hall–Kier alpha value is -13.8.